The van der Waals surface area contributed by atoms with E-state index in [1.807, 2.05) is 0 Å². The van der Waals surface area contributed by atoms with E-state index in [1.54, 1.807) is 23.1 Å². The maximum Gasteiger partial charge on any atom is 0.471 e. The highest BCUT2D eigenvalue weighted by atomic mass is 19.4. The fourth-order valence-corrected chi connectivity index (χ4v) is 3.31. The van der Waals surface area contributed by atoms with Crippen LogP contribution < -0.4 is 0 Å². The van der Waals surface area contributed by atoms with E-state index in [-0.39, 0.29) is 17.8 Å². The van der Waals surface area contributed by atoms with Gasteiger partial charge in [-0.3, -0.25) is 4.79 Å². The first kappa shape index (κ1) is 17.0. The van der Waals surface area contributed by atoms with Gasteiger partial charge in [-0.1, -0.05) is 17.3 Å². The minimum atomic E-state index is -4.66. The average Bonchev–Trinajstić information content (AvgIpc) is 3.31. The molecule has 26 heavy (non-hydrogen) atoms. The SMILES string of the molecule is O=C(C1CCCO1)N1CCc2cc(-c3noc(C(F)(F)F)n3)ccc2C1. The lowest BCUT2D eigenvalue weighted by Crippen LogP contribution is -2.41. The number of carbonyl (C=O) groups excluding carboxylic acids is 1. The van der Waals surface area contributed by atoms with Gasteiger partial charge in [-0.05, 0) is 36.5 Å². The first-order chi connectivity index (χ1) is 12.4. The highest BCUT2D eigenvalue weighted by Crippen LogP contribution is 2.31. The molecule has 2 aliphatic heterocycles. The van der Waals surface area contributed by atoms with Gasteiger partial charge in [0.1, 0.15) is 6.10 Å². The van der Waals surface area contributed by atoms with Gasteiger partial charge in [0.15, 0.2) is 0 Å². The summed E-state index contributed by atoms with van der Waals surface area (Å²) in [6.07, 6.45) is -2.75. The van der Waals surface area contributed by atoms with E-state index in [9.17, 15) is 18.0 Å². The lowest BCUT2D eigenvalue weighted by molar-refractivity contribution is -0.159. The lowest BCUT2D eigenvalue weighted by Gasteiger charge is -2.30. The molecule has 2 aromatic rings. The summed E-state index contributed by atoms with van der Waals surface area (Å²) in [5.74, 6) is -1.46. The molecule has 1 unspecified atom stereocenters. The Morgan fingerprint density at radius 2 is 2.12 bits per heavy atom. The van der Waals surface area contributed by atoms with Gasteiger partial charge in [0.05, 0.1) is 0 Å². The first-order valence-corrected chi connectivity index (χ1v) is 8.35. The molecule has 1 aromatic carbocycles. The average molecular weight is 367 g/mol. The smallest absolute Gasteiger partial charge is 0.368 e. The molecule has 1 fully saturated rings. The summed E-state index contributed by atoms with van der Waals surface area (Å²) in [5, 5.41) is 3.41. The predicted molar refractivity (Wildman–Crippen MR) is 82.8 cm³/mol. The van der Waals surface area contributed by atoms with Crippen LogP contribution in [0, 0.1) is 0 Å². The van der Waals surface area contributed by atoms with Gasteiger partial charge >= 0.3 is 12.1 Å². The summed E-state index contributed by atoms with van der Waals surface area (Å²) in [6.45, 7) is 1.64. The van der Waals surface area contributed by atoms with Gasteiger partial charge in [-0.2, -0.15) is 18.2 Å². The quantitative estimate of drug-likeness (QED) is 0.817. The van der Waals surface area contributed by atoms with Crippen LogP contribution in [-0.2, 0) is 28.7 Å². The van der Waals surface area contributed by atoms with Gasteiger partial charge in [-0.15, -0.1) is 0 Å². The Morgan fingerprint density at radius 1 is 1.27 bits per heavy atom. The van der Waals surface area contributed by atoms with Crippen LogP contribution >= 0.6 is 0 Å². The van der Waals surface area contributed by atoms with Crippen molar-refractivity contribution in [2.75, 3.05) is 13.2 Å². The van der Waals surface area contributed by atoms with E-state index in [0.717, 1.165) is 24.0 Å². The highest BCUT2D eigenvalue weighted by Gasteiger charge is 2.38. The molecule has 0 bridgehead atoms. The van der Waals surface area contributed by atoms with E-state index >= 15 is 0 Å². The predicted octanol–water partition coefficient (Wildman–Crippen LogP) is 2.82. The molecule has 2 aliphatic rings. The van der Waals surface area contributed by atoms with E-state index < -0.39 is 12.1 Å². The molecular weight excluding hydrogens is 351 g/mol. The Labute approximate surface area is 146 Å². The minimum Gasteiger partial charge on any atom is -0.368 e. The maximum atomic E-state index is 12.6. The number of aromatic nitrogens is 2. The number of alkyl halides is 3. The summed E-state index contributed by atoms with van der Waals surface area (Å²) >= 11 is 0. The molecule has 0 N–H and O–H groups in total. The molecule has 0 spiro atoms. The zero-order chi connectivity index (χ0) is 18.3. The molecule has 138 valence electrons. The van der Waals surface area contributed by atoms with Crippen molar-refractivity contribution in [1.82, 2.24) is 15.0 Å². The number of amides is 1. The Kier molecular flexibility index (Phi) is 4.18. The molecule has 9 heteroatoms. The van der Waals surface area contributed by atoms with Crippen molar-refractivity contribution >= 4 is 5.91 Å². The van der Waals surface area contributed by atoms with Crippen LogP contribution in [0.25, 0.3) is 11.4 Å². The number of hydrogen-bond acceptors (Lipinski definition) is 5. The Hall–Kier alpha value is -2.42. The topological polar surface area (TPSA) is 68.5 Å². The second kappa shape index (κ2) is 6.39. The van der Waals surface area contributed by atoms with Gasteiger partial charge in [0.25, 0.3) is 5.91 Å². The molecule has 1 atom stereocenters. The van der Waals surface area contributed by atoms with Gasteiger partial charge in [0, 0.05) is 25.3 Å². The monoisotopic (exact) mass is 367 g/mol. The molecule has 4 rings (SSSR count). The fourth-order valence-electron chi connectivity index (χ4n) is 3.31. The third-order valence-electron chi connectivity index (χ3n) is 4.66. The molecule has 0 aliphatic carbocycles. The number of benzene rings is 1. The summed E-state index contributed by atoms with van der Waals surface area (Å²) < 4.78 is 47.5. The second-order valence-electron chi connectivity index (χ2n) is 6.42. The number of carbonyl (C=O) groups is 1. The third kappa shape index (κ3) is 3.18. The summed E-state index contributed by atoms with van der Waals surface area (Å²) in [7, 11) is 0. The van der Waals surface area contributed by atoms with Crippen LogP contribution in [-0.4, -0.2) is 40.2 Å². The summed E-state index contributed by atoms with van der Waals surface area (Å²) in [4.78, 5) is 17.6. The zero-order valence-corrected chi connectivity index (χ0v) is 13.8. The van der Waals surface area contributed by atoms with Gasteiger partial charge in [-0.25, -0.2) is 0 Å². The van der Waals surface area contributed by atoms with E-state index in [4.69, 9.17) is 4.74 Å². The van der Waals surface area contributed by atoms with Crippen LogP contribution in [0.4, 0.5) is 13.2 Å². The highest BCUT2D eigenvalue weighted by molar-refractivity contribution is 5.81. The number of fused-ring (bicyclic) bond motifs is 1. The van der Waals surface area contributed by atoms with Gasteiger partial charge in [0.2, 0.25) is 5.82 Å². The maximum absolute atomic E-state index is 12.6. The molecule has 0 saturated carbocycles. The van der Waals surface area contributed by atoms with Crippen LogP contribution in [0.5, 0.6) is 0 Å². The number of halogens is 3. The van der Waals surface area contributed by atoms with E-state index in [1.165, 1.54) is 0 Å². The van der Waals surface area contributed by atoms with Crippen molar-refractivity contribution in [3.8, 4) is 11.4 Å². The molecule has 3 heterocycles. The van der Waals surface area contributed by atoms with E-state index in [2.05, 4.69) is 14.7 Å². The van der Waals surface area contributed by atoms with Gasteiger partial charge < -0.3 is 14.2 Å². The number of nitrogens with zero attached hydrogens (tertiary/aromatic N) is 3. The summed E-state index contributed by atoms with van der Waals surface area (Å²) in [6, 6.07) is 5.20. The van der Waals surface area contributed by atoms with Crippen molar-refractivity contribution in [1.29, 1.82) is 0 Å². The Morgan fingerprint density at radius 3 is 2.81 bits per heavy atom. The zero-order valence-electron chi connectivity index (χ0n) is 13.8. The summed E-state index contributed by atoms with van der Waals surface area (Å²) in [5.41, 5.74) is 2.39. The standard InChI is InChI=1S/C17H16F3N3O3/c18-17(19,20)16-21-14(22-26-16)11-3-4-12-9-23(6-5-10(12)8-11)15(24)13-2-1-7-25-13/h3-4,8,13H,1-2,5-7,9H2. The molecule has 1 aromatic heterocycles. The van der Waals surface area contributed by atoms with Crippen LogP contribution in [0.3, 0.4) is 0 Å². The molecule has 1 saturated heterocycles. The van der Waals surface area contributed by atoms with Crippen LogP contribution in [0.1, 0.15) is 29.9 Å². The normalized spacial score (nSPS) is 20.3. The number of hydrogen-bond donors (Lipinski definition) is 0. The number of rotatable bonds is 2. The van der Waals surface area contributed by atoms with Crippen molar-refractivity contribution in [2.24, 2.45) is 0 Å². The molecule has 1 amide bonds. The molecule has 6 nitrogen and oxygen atoms in total. The van der Waals surface area contributed by atoms with Crippen molar-refractivity contribution in [3.63, 3.8) is 0 Å². The largest absolute Gasteiger partial charge is 0.471 e. The Balaban J connectivity index is 1.52. The fraction of sp³-hybridized carbons (Fsp3) is 0.471. The lowest BCUT2D eigenvalue weighted by atomic mass is 9.96. The minimum absolute atomic E-state index is 0.00483. The number of ether oxygens (including phenoxy) is 1. The van der Waals surface area contributed by atoms with Crippen LogP contribution in [0.2, 0.25) is 0 Å². The van der Waals surface area contributed by atoms with Crippen molar-refractivity contribution in [3.05, 3.63) is 35.2 Å². The molecule has 0 radical (unpaired) electrons. The first-order valence-electron chi connectivity index (χ1n) is 8.35. The van der Waals surface area contributed by atoms with Crippen molar-refractivity contribution in [2.45, 2.75) is 38.1 Å². The van der Waals surface area contributed by atoms with Crippen molar-refractivity contribution < 1.29 is 27.2 Å². The second-order valence-corrected chi connectivity index (χ2v) is 6.42. The Bertz CT molecular complexity index is 828. The third-order valence-corrected chi connectivity index (χ3v) is 4.66. The molecular formula is C17H16F3N3O3. The van der Waals surface area contributed by atoms with Crippen LogP contribution in [0.15, 0.2) is 22.7 Å². The van der Waals surface area contributed by atoms with E-state index in [0.29, 0.717) is 31.7 Å².